The van der Waals surface area contributed by atoms with Gasteiger partial charge in [-0.2, -0.15) is 0 Å². The molecule has 1 atom stereocenters. The van der Waals surface area contributed by atoms with E-state index in [0.29, 0.717) is 19.0 Å². The zero-order valence-corrected chi connectivity index (χ0v) is 11.1. The Morgan fingerprint density at radius 3 is 2.84 bits per heavy atom. The molecule has 1 saturated heterocycles. The highest BCUT2D eigenvalue weighted by molar-refractivity contribution is 5.81. The monoisotopic (exact) mass is 264 g/mol. The summed E-state index contributed by atoms with van der Waals surface area (Å²) in [6, 6.07) is -0.794. The lowest BCUT2D eigenvalue weighted by Gasteiger charge is -2.33. The second kappa shape index (κ2) is 6.08. The van der Waals surface area contributed by atoms with E-state index in [1.54, 1.807) is 11.2 Å². The molecule has 0 aliphatic carbocycles. The second-order valence-electron chi connectivity index (χ2n) is 4.98. The molecule has 2 rings (SSSR count). The van der Waals surface area contributed by atoms with Crippen molar-refractivity contribution in [2.45, 2.75) is 31.7 Å². The topological polar surface area (TPSA) is 92.3 Å². The molecule has 0 spiro atoms. The predicted octanol–water partition coefficient (Wildman–Crippen LogP) is -0.189. The maximum absolute atomic E-state index is 11.9. The Kier molecular flexibility index (Phi) is 4.44. The van der Waals surface area contributed by atoms with Crippen LogP contribution in [-0.2, 0) is 4.79 Å². The predicted molar refractivity (Wildman–Crippen MR) is 70.4 cm³/mol. The van der Waals surface area contributed by atoms with Crippen LogP contribution in [0.1, 0.15) is 30.0 Å². The number of amides is 1. The highest BCUT2D eigenvalue weighted by atomic mass is 16.3. The van der Waals surface area contributed by atoms with Crippen LogP contribution >= 0.6 is 0 Å². The standard InChI is InChI=1S/C13H20N4O2/c1-9-6-15-8-16-12(9)10-2-4-17(5-3-10)13(19)11(14)7-18/h6,8,10-11,18H,2-5,7,14H2,1H3/t11-/m0/s1. The maximum Gasteiger partial charge on any atom is 0.241 e. The number of nitrogens with zero attached hydrogens (tertiary/aromatic N) is 3. The summed E-state index contributed by atoms with van der Waals surface area (Å²) in [5, 5.41) is 8.91. The van der Waals surface area contributed by atoms with E-state index in [9.17, 15) is 4.79 Å². The summed E-state index contributed by atoms with van der Waals surface area (Å²) in [6.45, 7) is 3.04. The Bertz CT molecular complexity index is 444. The van der Waals surface area contributed by atoms with E-state index in [1.165, 1.54) is 0 Å². The molecule has 6 nitrogen and oxygen atoms in total. The van der Waals surface area contributed by atoms with Crippen molar-refractivity contribution < 1.29 is 9.90 Å². The minimum Gasteiger partial charge on any atom is -0.394 e. The number of aryl methyl sites for hydroxylation is 1. The minimum atomic E-state index is -0.794. The maximum atomic E-state index is 11.9. The molecule has 1 aromatic heterocycles. The van der Waals surface area contributed by atoms with Crippen LogP contribution < -0.4 is 5.73 Å². The van der Waals surface area contributed by atoms with Gasteiger partial charge in [0.1, 0.15) is 12.4 Å². The van der Waals surface area contributed by atoms with Crippen molar-refractivity contribution in [3.8, 4) is 0 Å². The van der Waals surface area contributed by atoms with Crippen LogP contribution in [0, 0.1) is 6.92 Å². The zero-order chi connectivity index (χ0) is 13.8. The van der Waals surface area contributed by atoms with Crippen LogP contribution in [0.2, 0.25) is 0 Å². The SMILES string of the molecule is Cc1cncnc1C1CCN(C(=O)[C@@H](N)CO)CC1. The lowest BCUT2D eigenvalue weighted by atomic mass is 9.91. The van der Waals surface area contributed by atoms with Crippen LogP contribution in [0.3, 0.4) is 0 Å². The van der Waals surface area contributed by atoms with E-state index in [-0.39, 0.29) is 12.5 Å². The van der Waals surface area contributed by atoms with E-state index in [4.69, 9.17) is 10.8 Å². The van der Waals surface area contributed by atoms with Crippen LogP contribution in [0.25, 0.3) is 0 Å². The van der Waals surface area contributed by atoms with Gasteiger partial charge in [0.15, 0.2) is 0 Å². The van der Waals surface area contributed by atoms with Crippen molar-refractivity contribution in [2.75, 3.05) is 19.7 Å². The molecule has 0 saturated carbocycles. The highest BCUT2D eigenvalue weighted by Crippen LogP contribution is 2.28. The van der Waals surface area contributed by atoms with Gasteiger partial charge in [0.05, 0.1) is 6.61 Å². The molecule has 1 aliphatic heterocycles. The van der Waals surface area contributed by atoms with Crippen LogP contribution in [0.4, 0.5) is 0 Å². The van der Waals surface area contributed by atoms with E-state index in [1.807, 2.05) is 13.1 Å². The normalized spacial score (nSPS) is 18.4. The first-order valence-electron chi connectivity index (χ1n) is 6.55. The van der Waals surface area contributed by atoms with Gasteiger partial charge in [0.2, 0.25) is 5.91 Å². The fourth-order valence-corrected chi connectivity index (χ4v) is 2.52. The number of hydrogen-bond acceptors (Lipinski definition) is 5. The largest absolute Gasteiger partial charge is 0.394 e. The fraction of sp³-hybridized carbons (Fsp3) is 0.615. The number of piperidine rings is 1. The molecule has 0 radical (unpaired) electrons. The van der Waals surface area contributed by atoms with Crippen molar-refractivity contribution in [1.82, 2.24) is 14.9 Å². The number of aromatic nitrogens is 2. The van der Waals surface area contributed by atoms with Gasteiger partial charge < -0.3 is 15.7 Å². The number of carbonyl (C=O) groups is 1. The van der Waals surface area contributed by atoms with Gasteiger partial charge in [0, 0.05) is 30.9 Å². The van der Waals surface area contributed by atoms with Crippen LogP contribution in [0.5, 0.6) is 0 Å². The summed E-state index contributed by atoms with van der Waals surface area (Å²) in [7, 11) is 0. The Morgan fingerprint density at radius 2 is 2.26 bits per heavy atom. The zero-order valence-electron chi connectivity index (χ0n) is 11.1. The smallest absolute Gasteiger partial charge is 0.241 e. The number of likely N-dealkylation sites (tertiary alicyclic amines) is 1. The van der Waals surface area contributed by atoms with E-state index in [2.05, 4.69) is 9.97 Å². The van der Waals surface area contributed by atoms with Gasteiger partial charge in [-0.05, 0) is 25.3 Å². The number of nitrogens with two attached hydrogens (primary N) is 1. The molecular weight excluding hydrogens is 244 g/mol. The van der Waals surface area contributed by atoms with Crippen molar-refractivity contribution in [3.63, 3.8) is 0 Å². The Labute approximate surface area is 112 Å². The van der Waals surface area contributed by atoms with Gasteiger partial charge in [-0.15, -0.1) is 0 Å². The number of rotatable bonds is 3. The molecule has 1 aromatic rings. The van der Waals surface area contributed by atoms with Crippen LogP contribution in [-0.4, -0.2) is 51.6 Å². The van der Waals surface area contributed by atoms with Gasteiger partial charge in [-0.3, -0.25) is 4.79 Å². The quantitative estimate of drug-likeness (QED) is 0.789. The Balaban J connectivity index is 1.96. The molecule has 0 unspecified atom stereocenters. The van der Waals surface area contributed by atoms with Gasteiger partial charge in [-0.25, -0.2) is 9.97 Å². The lowest BCUT2D eigenvalue weighted by Crippen LogP contribution is -2.48. The highest BCUT2D eigenvalue weighted by Gasteiger charge is 2.27. The molecule has 0 bridgehead atoms. The first kappa shape index (κ1) is 13.9. The Morgan fingerprint density at radius 1 is 1.58 bits per heavy atom. The summed E-state index contributed by atoms with van der Waals surface area (Å²) in [5.41, 5.74) is 7.73. The number of aliphatic hydroxyl groups excluding tert-OH is 1. The van der Waals surface area contributed by atoms with Gasteiger partial charge in [0.25, 0.3) is 0 Å². The summed E-state index contributed by atoms with van der Waals surface area (Å²) in [5.74, 6) is 0.206. The average molecular weight is 264 g/mol. The molecule has 0 aromatic carbocycles. The lowest BCUT2D eigenvalue weighted by molar-refractivity contribution is -0.134. The second-order valence-corrected chi connectivity index (χ2v) is 4.98. The molecule has 104 valence electrons. The fourth-order valence-electron chi connectivity index (χ4n) is 2.52. The summed E-state index contributed by atoms with van der Waals surface area (Å²) in [6.07, 6.45) is 5.15. The van der Waals surface area contributed by atoms with Crippen molar-refractivity contribution in [1.29, 1.82) is 0 Å². The summed E-state index contributed by atoms with van der Waals surface area (Å²) in [4.78, 5) is 21.9. The molecular formula is C13H20N4O2. The van der Waals surface area contributed by atoms with Gasteiger partial charge in [-0.1, -0.05) is 0 Å². The van der Waals surface area contributed by atoms with Gasteiger partial charge >= 0.3 is 0 Å². The molecule has 2 heterocycles. The van der Waals surface area contributed by atoms with Crippen molar-refractivity contribution in [3.05, 3.63) is 23.8 Å². The van der Waals surface area contributed by atoms with E-state index < -0.39 is 6.04 Å². The third-order valence-electron chi connectivity index (χ3n) is 3.64. The van der Waals surface area contributed by atoms with Crippen molar-refractivity contribution in [2.24, 2.45) is 5.73 Å². The molecule has 3 N–H and O–H groups in total. The first-order chi connectivity index (χ1) is 9.13. The number of hydrogen-bond donors (Lipinski definition) is 2. The average Bonchev–Trinajstić information content (AvgIpc) is 2.46. The molecule has 6 heteroatoms. The third-order valence-corrected chi connectivity index (χ3v) is 3.64. The van der Waals surface area contributed by atoms with Crippen molar-refractivity contribution >= 4 is 5.91 Å². The summed E-state index contributed by atoms with van der Waals surface area (Å²) >= 11 is 0. The molecule has 19 heavy (non-hydrogen) atoms. The van der Waals surface area contributed by atoms with E-state index in [0.717, 1.165) is 24.1 Å². The van der Waals surface area contributed by atoms with Crippen LogP contribution in [0.15, 0.2) is 12.5 Å². The molecule has 1 fully saturated rings. The summed E-state index contributed by atoms with van der Waals surface area (Å²) < 4.78 is 0. The van der Waals surface area contributed by atoms with E-state index >= 15 is 0 Å². The third kappa shape index (κ3) is 3.08. The first-order valence-corrected chi connectivity index (χ1v) is 6.55. The minimum absolute atomic E-state index is 0.166. The number of aliphatic hydroxyl groups is 1. The Hall–Kier alpha value is -1.53. The molecule has 1 amide bonds. The number of carbonyl (C=O) groups excluding carboxylic acids is 1. The molecule has 1 aliphatic rings.